The van der Waals surface area contributed by atoms with Crippen LogP contribution in [-0.2, 0) is 32.7 Å². The second kappa shape index (κ2) is 6.45. The van der Waals surface area contributed by atoms with Crippen molar-refractivity contribution in [3.63, 3.8) is 0 Å². The van der Waals surface area contributed by atoms with E-state index in [-0.39, 0.29) is 32.7 Å². The molecule has 2 aliphatic heterocycles. The van der Waals surface area contributed by atoms with Crippen LogP contribution in [0.5, 0.6) is 0 Å². The van der Waals surface area contributed by atoms with Gasteiger partial charge in [-0.15, -0.1) is 0 Å². The van der Waals surface area contributed by atoms with E-state index in [2.05, 4.69) is 33.8 Å². The number of rotatable bonds is 1. The van der Waals surface area contributed by atoms with E-state index in [1.165, 1.54) is 19.4 Å². The minimum absolute atomic E-state index is 0. The first kappa shape index (κ1) is 14.4. The number of hydrogen-bond acceptors (Lipinski definition) is 3. The molecule has 1 radical (unpaired) electrons. The molecule has 0 unspecified atom stereocenters. The van der Waals surface area contributed by atoms with Crippen LogP contribution in [0.15, 0.2) is 24.4 Å². The fraction of sp³-hybridized carbons (Fsp3) is 0.571. The predicted molar refractivity (Wildman–Crippen MR) is 69.9 cm³/mol. The van der Waals surface area contributed by atoms with E-state index in [0.717, 1.165) is 25.5 Å². The van der Waals surface area contributed by atoms with Crippen LogP contribution >= 0.6 is 0 Å². The van der Waals surface area contributed by atoms with Crippen molar-refractivity contribution in [2.75, 3.05) is 31.1 Å². The van der Waals surface area contributed by atoms with Crippen molar-refractivity contribution >= 4 is 5.82 Å². The molecule has 3 rings (SSSR count). The largest absolute Gasteiger partial charge is 0.354 e. The number of anilines is 1. The standard InChI is InChI=1S/C14H20N3.Y/c1-12-5-6-13-11-17(9-8-16(13)10-12)14-4-2-3-7-15-14;/h2-4,7,12-13H,1,5-6,8-11H2;/q-1;/t12-,13-;/m0./s1. The van der Waals surface area contributed by atoms with Gasteiger partial charge >= 0.3 is 0 Å². The van der Waals surface area contributed by atoms with E-state index in [1.807, 2.05) is 12.3 Å². The van der Waals surface area contributed by atoms with Crippen molar-refractivity contribution in [1.82, 2.24) is 9.88 Å². The molecule has 95 valence electrons. The van der Waals surface area contributed by atoms with Crippen LogP contribution in [0.4, 0.5) is 5.82 Å². The zero-order chi connectivity index (χ0) is 11.7. The zero-order valence-corrected chi connectivity index (χ0v) is 13.7. The third-order valence-corrected chi connectivity index (χ3v) is 3.98. The average Bonchev–Trinajstić information content (AvgIpc) is 2.39. The molecule has 0 aliphatic carbocycles. The van der Waals surface area contributed by atoms with Gasteiger partial charge in [0.1, 0.15) is 5.82 Å². The molecule has 3 nitrogen and oxygen atoms in total. The Bertz CT molecular complexity index is 371. The molecule has 0 N–H and O–H groups in total. The monoisotopic (exact) mass is 319 g/mol. The van der Waals surface area contributed by atoms with Crippen LogP contribution in [-0.4, -0.2) is 42.1 Å². The number of aromatic nitrogens is 1. The maximum absolute atomic E-state index is 4.45. The summed E-state index contributed by atoms with van der Waals surface area (Å²) in [5.41, 5.74) is 0. The van der Waals surface area contributed by atoms with E-state index < -0.39 is 0 Å². The molecule has 2 aliphatic rings. The molecule has 2 atom stereocenters. The quantitative estimate of drug-likeness (QED) is 0.736. The molecule has 1 aromatic rings. The molecule has 1 aromatic heterocycles. The van der Waals surface area contributed by atoms with E-state index in [0.29, 0.717) is 12.0 Å². The summed E-state index contributed by atoms with van der Waals surface area (Å²) in [6.07, 6.45) is 4.45. The third-order valence-electron chi connectivity index (χ3n) is 3.98. The van der Waals surface area contributed by atoms with Crippen LogP contribution in [0.25, 0.3) is 0 Å². The van der Waals surface area contributed by atoms with Gasteiger partial charge in [-0.3, -0.25) is 4.90 Å². The normalized spacial score (nSPS) is 28.4. The van der Waals surface area contributed by atoms with E-state index in [4.69, 9.17) is 0 Å². The second-order valence-electron chi connectivity index (χ2n) is 5.23. The van der Waals surface area contributed by atoms with E-state index in [9.17, 15) is 0 Å². The summed E-state index contributed by atoms with van der Waals surface area (Å²) in [5.74, 6) is 1.76. The Morgan fingerprint density at radius 3 is 2.83 bits per heavy atom. The molecule has 0 bridgehead atoms. The van der Waals surface area contributed by atoms with Crippen molar-refractivity contribution in [3.8, 4) is 0 Å². The summed E-state index contributed by atoms with van der Waals surface area (Å²) in [5, 5.41) is 0. The smallest absolute Gasteiger partial charge is 0.128 e. The van der Waals surface area contributed by atoms with Gasteiger partial charge < -0.3 is 11.8 Å². The molecule has 3 heterocycles. The van der Waals surface area contributed by atoms with Crippen LogP contribution in [0.2, 0.25) is 0 Å². The van der Waals surface area contributed by atoms with Crippen molar-refractivity contribution in [1.29, 1.82) is 0 Å². The summed E-state index contributed by atoms with van der Waals surface area (Å²) in [7, 11) is 0. The molecule has 2 fully saturated rings. The molecule has 0 spiro atoms. The van der Waals surface area contributed by atoms with Crippen LogP contribution in [0, 0.1) is 12.8 Å². The second-order valence-corrected chi connectivity index (χ2v) is 5.23. The molecular weight excluding hydrogens is 299 g/mol. The molecule has 0 aromatic carbocycles. The SMILES string of the molecule is [CH2-][C@H]1CC[C@H]2CN(c3ccccn3)CCN2C1.[Y]. The van der Waals surface area contributed by atoms with Gasteiger partial charge in [-0.05, 0) is 25.1 Å². The molecule has 2 saturated heterocycles. The van der Waals surface area contributed by atoms with E-state index >= 15 is 0 Å². The molecule has 4 heteroatoms. The summed E-state index contributed by atoms with van der Waals surface area (Å²) >= 11 is 0. The first-order chi connectivity index (χ1) is 8.33. The Kier molecular flexibility index (Phi) is 5.17. The van der Waals surface area contributed by atoms with Crippen molar-refractivity contribution in [2.24, 2.45) is 5.92 Å². The maximum atomic E-state index is 4.45. The molecular formula is C14H20N3Y-. The van der Waals surface area contributed by atoms with Gasteiger partial charge in [-0.25, -0.2) is 4.98 Å². The fourth-order valence-corrected chi connectivity index (χ4v) is 3.01. The van der Waals surface area contributed by atoms with Gasteiger partial charge in [0.05, 0.1) is 0 Å². The van der Waals surface area contributed by atoms with Crippen molar-refractivity contribution in [3.05, 3.63) is 31.3 Å². The molecule has 0 saturated carbocycles. The van der Waals surface area contributed by atoms with Crippen LogP contribution < -0.4 is 4.90 Å². The van der Waals surface area contributed by atoms with Crippen molar-refractivity contribution in [2.45, 2.75) is 18.9 Å². The first-order valence-electron chi connectivity index (χ1n) is 6.56. The molecule has 18 heavy (non-hydrogen) atoms. The number of hydrogen-bond donors (Lipinski definition) is 0. The van der Waals surface area contributed by atoms with Gasteiger partial charge in [0.25, 0.3) is 0 Å². The summed E-state index contributed by atoms with van der Waals surface area (Å²) in [4.78, 5) is 9.48. The Hall–Kier alpha value is 0.0139. The van der Waals surface area contributed by atoms with Crippen LogP contribution in [0.3, 0.4) is 0 Å². The Morgan fingerprint density at radius 2 is 2.06 bits per heavy atom. The number of fused-ring (bicyclic) bond motifs is 1. The van der Waals surface area contributed by atoms with Gasteiger partial charge in [0.15, 0.2) is 0 Å². The van der Waals surface area contributed by atoms with Gasteiger partial charge in [-0.1, -0.05) is 12.5 Å². The fourth-order valence-electron chi connectivity index (χ4n) is 3.01. The van der Waals surface area contributed by atoms with Crippen molar-refractivity contribution < 1.29 is 32.7 Å². The number of nitrogens with zero attached hydrogens (tertiary/aromatic N) is 3. The number of pyridine rings is 1. The van der Waals surface area contributed by atoms with Crippen LogP contribution in [0.1, 0.15) is 12.8 Å². The third kappa shape index (κ3) is 3.12. The first-order valence-corrected chi connectivity index (χ1v) is 6.56. The minimum Gasteiger partial charge on any atom is -0.354 e. The summed E-state index contributed by atoms with van der Waals surface area (Å²) < 4.78 is 0. The average molecular weight is 319 g/mol. The Morgan fingerprint density at radius 1 is 1.17 bits per heavy atom. The Balaban J connectivity index is 0.00000120. The predicted octanol–water partition coefficient (Wildman–Crippen LogP) is 1.81. The topological polar surface area (TPSA) is 19.4 Å². The minimum atomic E-state index is 0. The number of piperazine rings is 1. The number of piperidine rings is 1. The van der Waals surface area contributed by atoms with Gasteiger partial charge in [0, 0.05) is 64.6 Å². The summed E-state index contributed by atoms with van der Waals surface area (Å²) in [6, 6.07) is 6.88. The Labute approximate surface area is 135 Å². The van der Waals surface area contributed by atoms with Gasteiger partial charge in [-0.2, -0.15) is 5.92 Å². The maximum Gasteiger partial charge on any atom is 0.128 e. The van der Waals surface area contributed by atoms with Gasteiger partial charge in [0.2, 0.25) is 0 Å². The molecule has 0 amide bonds. The zero-order valence-electron chi connectivity index (χ0n) is 10.8. The van der Waals surface area contributed by atoms with E-state index in [1.54, 1.807) is 0 Å². The summed E-state index contributed by atoms with van der Waals surface area (Å²) in [6.45, 7) is 8.77.